The van der Waals surface area contributed by atoms with Crippen LogP contribution < -0.4 is 10.2 Å². The Balaban J connectivity index is 1.39. The average molecular weight is 372 g/mol. The van der Waals surface area contributed by atoms with Gasteiger partial charge in [-0.25, -0.2) is 0 Å². The predicted octanol–water partition coefficient (Wildman–Crippen LogP) is 3.13. The first-order chi connectivity index (χ1) is 12.6. The molecule has 2 aromatic rings. The van der Waals surface area contributed by atoms with Crippen LogP contribution in [0.4, 0.5) is 5.69 Å². The van der Waals surface area contributed by atoms with E-state index in [2.05, 4.69) is 40.2 Å². The molecule has 1 N–H and O–H groups in total. The third-order valence-corrected chi connectivity index (χ3v) is 5.23. The Labute approximate surface area is 160 Å². The SMILES string of the molecule is Cc1ccccc1CCNC(=O)CN1CCN(c2ccccc2Cl)CC1. The molecule has 2 aromatic carbocycles. The van der Waals surface area contributed by atoms with Gasteiger partial charge in [0.1, 0.15) is 0 Å². The zero-order chi connectivity index (χ0) is 18.4. The van der Waals surface area contributed by atoms with Crippen LogP contribution in [0.2, 0.25) is 5.02 Å². The Morgan fingerprint density at radius 3 is 2.46 bits per heavy atom. The summed E-state index contributed by atoms with van der Waals surface area (Å²) in [5, 5.41) is 3.83. The lowest BCUT2D eigenvalue weighted by atomic mass is 10.1. The van der Waals surface area contributed by atoms with Gasteiger partial charge in [0.15, 0.2) is 0 Å². The minimum absolute atomic E-state index is 0.102. The first-order valence-corrected chi connectivity index (χ1v) is 9.54. The molecule has 5 heteroatoms. The molecule has 0 aliphatic carbocycles. The van der Waals surface area contributed by atoms with Crippen molar-refractivity contribution in [3.05, 3.63) is 64.7 Å². The number of carbonyl (C=O) groups is 1. The minimum Gasteiger partial charge on any atom is -0.368 e. The highest BCUT2D eigenvalue weighted by atomic mass is 35.5. The molecule has 1 aliphatic heterocycles. The molecule has 26 heavy (non-hydrogen) atoms. The van der Waals surface area contributed by atoms with E-state index in [9.17, 15) is 4.79 Å². The molecule has 0 saturated carbocycles. The molecule has 138 valence electrons. The van der Waals surface area contributed by atoms with Gasteiger partial charge in [-0.1, -0.05) is 48.0 Å². The van der Waals surface area contributed by atoms with Gasteiger partial charge in [-0.05, 0) is 36.6 Å². The van der Waals surface area contributed by atoms with Crippen LogP contribution in [0.25, 0.3) is 0 Å². The van der Waals surface area contributed by atoms with E-state index in [-0.39, 0.29) is 5.91 Å². The number of piperazine rings is 1. The summed E-state index contributed by atoms with van der Waals surface area (Å²) in [5.74, 6) is 0.102. The molecular weight excluding hydrogens is 346 g/mol. The second kappa shape index (κ2) is 9.06. The molecule has 3 rings (SSSR count). The summed E-state index contributed by atoms with van der Waals surface area (Å²) < 4.78 is 0. The van der Waals surface area contributed by atoms with E-state index in [4.69, 9.17) is 11.6 Å². The monoisotopic (exact) mass is 371 g/mol. The van der Waals surface area contributed by atoms with Crippen molar-refractivity contribution in [2.45, 2.75) is 13.3 Å². The maximum atomic E-state index is 12.2. The number of para-hydroxylation sites is 1. The Hall–Kier alpha value is -2.04. The van der Waals surface area contributed by atoms with Crippen LogP contribution in [0, 0.1) is 6.92 Å². The summed E-state index contributed by atoms with van der Waals surface area (Å²) in [5.41, 5.74) is 3.65. The molecule has 0 bridgehead atoms. The number of carbonyl (C=O) groups excluding carboxylic acids is 1. The van der Waals surface area contributed by atoms with Gasteiger partial charge >= 0.3 is 0 Å². The third kappa shape index (κ3) is 4.99. The lowest BCUT2D eigenvalue weighted by Crippen LogP contribution is -2.49. The fourth-order valence-corrected chi connectivity index (χ4v) is 3.60. The van der Waals surface area contributed by atoms with Crippen molar-refractivity contribution in [1.82, 2.24) is 10.2 Å². The smallest absolute Gasteiger partial charge is 0.234 e. The van der Waals surface area contributed by atoms with Crippen LogP contribution in [-0.4, -0.2) is 50.1 Å². The predicted molar refractivity (Wildman–Crippen MR) is 108 cm³/mol. The van der Waals surface area contributed by atoms with Crippen molar-refractivity contribution in [3.63, 3.8) is 0 Å². The van der Waals surface area contributed by atoms with E-state index in [0.717, 1.165) is 43.3 Å². The van der Waals surface area contributed by atoms with Gasteiger partial charge in [0.25, 0.3) is 0 Å². The van der Waals surface area contributed by atoms with Crippen LogP contribution in [0.5, 0.6) is 0 Å². The number of halogens is 1. The van der Waals surface area contributed by atoms with Crippen molar-refractivity contribution in [3.8, 4) is 0 Å². The molecule has 1 aliphatic rings. The highest BCUT2D eigenvalue weighted by Crippen LogP contribution is 2.25. The summed E-state index contributed by atoms with van der Waals surface area (Å²) in [7, 11) is 0. The minimum atomic E-state index is 0.102. The topological polar surface area (TPSA) is 35.6 Å². The highest BCUT2D eigenvalue weighted by molar-refractivity contribution is 6.33. The molecule has 0 aromatic heterocycles. The molecule has 1 amide bonds. The molecule has 1 heterocycles. The number of aryl methyl sites for hydroxylation is 1. The van der Waals surface area contributed by atoms with E-state index >= 15 is 0 Å². The number of hydrogen-bond donors (Lipinski definition) is 1. The summed E-state index contributed by atoms with van der Waals surface area (Å²) in [4.78, 5) is 16.7. The van der Waals surface area contributed by atoms with Gasteiger partial charge in [0.2, 0.25) is 5.91 Å². The van der Waals surface area contributed by atoms with Gasteiger partial charge in [-0.2, -0.15) is 0 Å². The number of nitrogens with one attached hydrogen (secondary N) is 1. The number of amides is 1. The van der Waals surface area contributed by atoms with E-state index < -0.39 is 0 Å². The molecule has 0 radical (unpaired) electrons. The standard InChI is InChI=1S/C21H26ClN3O/c1-17-6-2-3-7-18(17)10-11-23-21(26)16-24-12-14-25(15-13-24)20-9-5-4-8-19(20)22/h2-9H,10-16H2,1H3,(H,23,26). The zero-order valence-electron chi connectivity index (χ0n) is 15.2. The normalized spacial score (nSPS) is 15.1. The van der Waals surface area contributed by atoms with Crippen molar-refractivity contribution >= 4 is 23.2 Å². The molecule has 4 nitrogen and oxygen atoms in total. The van der Waals surface area contributed by atoms with Gasteiger partial charge in [0.05, 0.1) is 17.3 Å². The zero-order valence-corrected chi connectivity index (χ0v) is 16.0. The van der Waals surface area contributed by atoms with Crippen molar-refractivity contribution in [1.29, 1.82) is 0 Å². The quantitative estimate of drug-likeness (QED) is 0.847. The van der Waals surface area contributed by atoms with Gasteiger partial charge in [-0.15, -0.1) is 0 Å². The lowest BCUT2D eigenvalue weighted by Gasteiger charge is -2.36. The Bertz CT molecular complexity index is 742. The lowest BCUT2D eigenvalue weighted by molar-refractivity contribution is -0.122. The first-order valence-electron chi connectivity index (χ1n) is 9.16. The molecule has 0 unspecified atom stereocenters. The fraction of sp³-hybridized carbons (Fsp3) is 0.381. The Kier molecular flexibility index (Phi) is 6.53. The molecule has 0 spiro atoms. The molecule has 1 fully saturated rings. The van der Waals surface area contributed by atoms with Crippen LogP contribution in [0.3, 0.4) is 0 Å². The fourth-order valence-electron chi connectivity index (χ4n) is 3.34. The average Bonchev–Trinajstić information content (AvgIpc) is 2.64. The van der Waals surface area contributed by atoms with E-state index in [1.54, 1.807) is 0 Å². The highest BCUT2D eigenvalue weighted by Gasteiger charge is 2.20. The van der Waals surface area contributed by atoms with Crippen molar-refractivity contribution < 1.29 is 4.79 Å². The second-order valence-electron chi connectivity index (χ2n) is 6.74. The number of anilines is 1. The van der Waals surface area contributed by atoms with Gasteiger partial charge in [0, 0.05) is 32.7 Å². The second-order valence-corrected chi connectivity index (χ2v) is 7.15. The van der Waals surface area contributed by atoms with Crippen molar-refractivity contribution in [2.24, 2.45) is 0 Å². The maximum absolute atomic E-state index is 12.2. The first kappa shape index (κ1) is 18.7. The largest absolute Gasteiger partial charge is 0.368 e. The van der Waals surface area contributed by atoms with Crippen LogP contribution >= 0.6 is 11.6 Å². The summed E-state index contributed by atoms with van der Waals surface area (Å²) in [6, 6.07) is 16.2. The van der Waals surface area contributed by atoms with Crippen molar-refractivity contribution in [2.75, 3.05) is 44.2 Å². The number of benzene rings is 2. The van der Waals surface area contributed by atoms with E-state index in [1.165, 1.54) is 11.1 Å². The molecule has 0 atom stereocenters. The van der Waals surface area contributed by atoms with Crippen LogP contribution in [0.1, 0.15) is 11.1 Å². The number of hydrogen-bond acceptors (Lipinski definition) is 3. The number of nitrogens with zero attached hydrogens (tertiary/aromatic N) is 2. The summed E-state index contributed by atoms with van der Waals surface area (Å²) in [6.07, 6.45) is 0.874. The Morgan fingerprint density at radius 2 is 1.73 bits per heavy atom. The molecule has 1 saturated heterocycles. The van der Waals surface area contributed by atoms with Gasteiger partial charge in [-0.3, -0.25) is 9.69 Å². The summed E-state index contributed by atoms with van der Waals surface area (Å²) in [6.45, 7) is 6.77. The van der Waals surface area contributed by atoms with Gasteiger partial charge < -0.3 is 10.2 Å². The number of rotatable bonds is 6. The Morgan fingerprint density at radius 1 is 1.04 bits per heavy atom. The van der Waals surface area contributed by atoms with Crippen LogP contribution in [0.15, 0.2) is 48.5 Å². The van der Waals surface area contributed by atoms with Crippen LogP contribution in [-0.2, 0) is 11.2 Å². The van der Waals surface area contributed by atoms with E-state index in [1.807, 2.05) is 30.3 Å². The molecular formula is C21H26ClN3O. The summed E-state index contributed by atoms with van der Waals surface area (Å²) >= 11 is 6.28. The maximum Gasteiger partial charge on any atom is 0.234 e. The third-order valence-electron chi connectivity index (χ3n) is 4.91. The van der Waals surface area contributed by atoms with E-state index in [0.29, 0.717) is 13.1 Å².